The Morgan fingerprint density at radius 2 is 2.23 bits per heavy atom. The molecule has 2 N–H and O–H groups in total. The molecule has 0 spiro atoms. The molecule has 0 fully saturated rings. The second kappa shape index (κ2) is 5.04. The maximum atomic E-state index is 11.8. The van der Waals surface area contributed by atoms with E-state index in [1.54, 1.807) is 18.2 Å². The highest BCUT2D eigenvalue weighted by atomic mass is 35.5. The number of rotatable bonds is 4. The summed E-state index contributed by atoms with van der Waals surface area (Å²) in [7, 11) is 0. The van der Waals surface area contributed by atoms with Crippen LogP contribution in [-0.2, 0) is 6.54 Å². The Kier molecular flexibility index (Phi) is 3.99. The molecule has 1 aromatic carbocycles. The third-order valence-electron chi connectivity index (χ3n) is 1.58. The highest BCUT2D eigenvalue weighted by Crippen LogP contribution is 2.22. The van der Waals surface area contributed by atoms with Gasteiger partial charge in [0.15, 0.2) is 0 Å². The lowest BCUT2D eigenvalue weighted by atomic mass is 10.2. The zero-order valence-electron chi connectivity index (χ0n) is 7.09. The molecular weight excluding hydrogens is 193 g/mol. The van der Waals surface area contributed by atoms with Crippen LogP contribution in [0.1, 0.15) is 5.56 Å². The summed E-state index contributed by atoms with van der Waals surface area (Å²) in [5.41, 5.74) is 6.29. The topological polar surface area (TPSA) is 35.2 Å². The Labute approximate surface area is 81.4 Å². The van der Waals surface area contributed by atoms with Crippen molar-refractivity contribution in [2.45, 2.75) is 6.54 Å². The molecule has 0 radical (unpaired) electrons. The van der Waals surface area contributed by atoms with E-state index in [2.05, 4.69) is 0 Å². The minimum absolute atomic E-state index is 0.0351. The molecular formula is C9H11ClFNO. The van der Waals surface area contributed by atoms with Gasteiger partial charge in [0.05, 0.1) is 0 Å². The summed E-state index contributed by atoms with van der Waals surface area (Å²) < 4.78 is 16.9. The van der Waals surface area contributed by atoms with E-state index < -0.39 is 6.67 Å². The van der Waals surface area contributed by atoms with Crippen molar-refractivity contribution in [2.75, 3.05) is 13.3 Å². The van der Waals surface area contributed by atoms with E-state index in [4.69, 9.17) is 22.1 Å². The average Bonchev–Trinajstić information content (AvgIpc) is 2.15. The van der Waals surface area contributed by atoms with Crippen LogP contribution in [0.3, 0.4) is 0 Å². The molecule has 0 saturated carbocycles. The first-order valence-electron chi connectivity index (χ1n) is 3.95. The number of ether oxygens (including phenoxy) is 1. The van der Waals surface area contributed by atoms with Crippen LogP contribution in [0, 0.1) is 0 Å². The second-order valence-corrected chi connectivity index (χ2v) is 2.93. The lowest BCUT2D eigenvalue weighted by Gasteiger charge is -2.08. The van der Waals surface area contributed by atoms with E-state index >= 15 is 0 Å². The fraction of sp³-hybridized carbons (Fsp3) is 0.333. The Hall–Kier alpha value is -0.800. The van der Waals surface area contributed by atoms with Crippen molar-refractivity contribution in [3.05, 3.63) is 28.8 Å². The predicted molar refractivity (Wildman–Crippen MR) is 50.8 cm³/mol. The summed E-state index contributed by atoms with van der Waals surface area (Å²) in [6.07, 6.45) is 0. The third kappa shape index (κ3) is 2.86. The molecule has 0 unspecified atom stereocenters. The average molecular weight is 204 g/mol. The van der Waals surface area contributed by atoms with Crippen LogP contribution in [0.15, 0.2) is 18.2 Å². The number of nitrogens with two attached hydrogens (primary N) is 1. The zero-order valence-corrected chi connectivity index (χ0v) is 7.85. The van der Waals surface area contributed by atoms with Gasteiger partial charge >= 0.3 is 0 Å². The molecule has 0 heterocycles. The van der Waals surface area contributed by atoms with Gasteiger partial charge in [-0.15, -0.1) is 0 Å². The van der Waals surface area contributed by atoms with Gasteiger partial charge in [-0.2, -0.15) is 0 Å². The first kappa shape index (κ1) is 10.3. The summed E-state index contributed by atoms with van der Waals surface area (Å²) in [5, 5.41) is 0.561. The van der Waals surface area contributed by atoms with Gasteiger partial charge < -0.3 is 10.5 Å². The highest BCUT2D eigenvalue weighted by Gasteiger charge is 2.02. The van der Waals surface area contributed by atoms with Crippen LogP contribution in [0.25, 0.3) is 0 Å². The standard InChI is InChI=1S/C9H11ClFNO/c10-8-2-1-7(6-12)9(5-8)13-4-3-11/h1-2,5H,3-4,6,12H2. The number of hydrogen-bond acceptors (Lipinski definition) is 2. The van der Waals surface area contributed by atoms with E-state index in [0.717, 1.165) is 5.56 Å². The molecule has 0 amide bonds. The minimum Gasteiger partial charge on any atom is -0.490 e. The van der Waals surface area contributed by atoms with Crippen LogP contribution in [0.2, 0.25) is 5.02 Å². The predicted octanol–water partition coefficient (Wildman–Crippen LogP) is 2.15. The van der Waals surface area contributed by atoms with Gasteiger partial charge in [0, 0.05) is 17.1 Å². The van der Waals surface area contributed by atoms with Crippen molar-refractivity contribution >= 4 is 11.6 Å². The fourth-order valence-electron chi connectivity index (χ4n) is 0.980. The summed E-state index contributed by atoms with van der Waals surface area (Å²) in [6.45, 7) is -0.122. The van der Waals surface area contributed by atoms with Gasteiger partial charge in [0.1, 0.15) is 19.0 Å². The number of halogens is 2. The van der Waals surface area contributed by atoms with Crippen LogP contribution < -0.4 is 10.5 Å². The molecule has 0 atom stereocenters. The SMILES string of the molecule is NCc1ccc(Cl)cc1OCCF. The molecule has 13 heavy (non-hydrogen) atoms. The third-order valence-corrected chi connectivity index (χ3v) is 1.82. The molecule has 2 nitrogen and oxygen atoms in total. The van der Waals surface area contributed by atoms with Gasteiger partial charge in [-0.05, 0) is 12.1 Å². The summed E-state index contributed by atoms with van der Waals surface area (Å²) in [4.78, 5) is 0. The van der Waals surface area contributed by atoms with E-state index in [-0.39, 0.29) is 6.61 Å². The lowest BCUT2D eigenvalue weighted by molar-refractivity contribution is 0.271. The molecule has 0 aliphatic heterocycles. The van der Waals surface area contributed by atoms with Crippen LogP contribution >= 0.6 is 11.6 Å². The summed E-state index contributed by atoms with van der Waals surface area (Å²) in [5.74, 6) is 0.563. The highest BCUT2D eigenvalue weighted by molar-refractivity contribution is 6.30. The first-order chi connectivity index (χ1) is 6.27. The normalized spacial score (nSPS) is 10.1. The van der Waals surface area contributed by atoms with Crippen molar-refractivity contribution in [2.24, 2.45) is 5.73 Å². The monoisotopic (exact) mass is 203 g/mol. The van der Waals surface area contributed by atoms with Gasteiger partial charge in [0.25, 0.3) is 0 Å². The van der Waals surface area contributed by atoms with Gasteiger partial charge in [-0.3, -0.25) is 0 Å². The smallest absolute Gasteiger partial charge is 0.125 e. The van der Waals surface area contributed by atoms with E-state index in [9.17, 15) is 4.39 Å². The van der Waals surface area contributed by atoms with Crippen molar-refractivity contribution in [1.29, 1.82) is 0 Å². The largest absolute Gasteiger partial charge is 0.490 e. The number of benzene rings is 1. The van der Waals surface area contributed by atoms with Crippen LogP contribution in [-0.4, -0.2) is 13.3 Å². The van der Waals surface area contributed by atoms with Crippen molar-refractivity contribution in [3.63, 3.8) is 0 Å². The van der Waals surface area contributed by atoms with Gasteiger partial charge in [0.2, 0.25) is 0 Å². The van der Waals surface area contributed by atoms with Crippen molar-refractivity contribution in [3.8, 4) is 5.75 Å². The van der Waals surface area contributed by atoms with Gasteiger partial charge in [-0.1, -0.05) is 17.7 Å². The van der Waals surface area contributed by atoms with Crippen molar-refractivity contribution in [1.82, 2.24) is 0 Å². The zero-order chi connectivity index (χ0) is 9.68. The van der Waals surface area contributed by atoms with E-state index in [1.807, 2.05) is 0 Å². The maximum absolute atomic E-state index is 11.8. The molecule has 4 heteroatoms. The fourth-order valence-corrected chi connectivity index (χ4v) is 1.14. The summed E-state index contributed by atoms with van der Waals surface area (Å²) >= 11 is 5.74. The molecule has 0 aromatic heterocycles. The molecule has 1 aromatic rings. The molecule has 1 rings (SSSR count). The number of hydrogen-bond donors (Lipinski definition) is 1. The Balaban J connectivity index is 2.81. The van der Waals surface area contributed by atoms with Crippen LogP contribution in [0.5, 0.6) is 5.75 Å². The van der Waals surface area contributed by atoms with E-state index in [1.165, 1.54) is 0 Å². The Morgan fingerprint density at radius 1 is 1.46 bits per heavy atom. The Morgan fingerprint density at radius 3 is 2.85 bits per heavy atom. The molecule has 0 bridgehead atoms. The molecule has 0 saturated heterocycles. The first-order valence-corrected chi connectivity index (χ1v) is 4.33. The molecule has 0 aliphatic rings. The second-order valence-electron chi connectivity index (χ2n) is 2.49. The quantitative estimate of drug-likeness (QED) is 0.814. The van der Waals surface area contributed by atoms with Crippen LogP contribution in [0.4, 0.5) is 4.39 Å². The lowest BCUT2D eigenvalue weighted by Crippen LogP contribution is -2.04. The maximum Gasteiger partial charge on any atom is 0.125 e. The van der Waals surface area contributed by atoms with Gasteiger partial charge in [-0.25, -0.2) is 4.39 Å². The summed E-state index contributed by atoms with van der Waals surface area (Å²) in [6, 6.07) is 5.14. The van der Waals surface area contributed by atoms with Crippen molar-refractivity contribution < 1.29 is 9.13 Å². The number of alkyl halides is 1. The van der Waals surface area contributed by atoms with E-state index in [0.29, 0.717) is 17.3 Å². The molecule has 0 aliphatic carbocycles. The molecule has 72 valence electrons. The minimum atomic E-state index is -0.517. The Bertz CT molecular complexity index is 280.